The molecule has 1 saturated heterocycles. The van der Waals surface area contributed by atoms with Gasteiger partial charge in [0.1, 0.15) is 11.5 Å². The second-order valence-corrected chi connectivity index (χ2v) is 6.28. The Morgan fingerprint density at radius 2 is 2.12 bits per heavy atom. The van der Waals surface area contributed by atoms with Crippen LogP contribution in [0, 0.1) is 0 Å². The van der Waals surface area contributed by atoms with Gasteiger partial charge in [0.25, 0.3) is 5.91 Å². The third-order valence-corrected chi connectivity index (χ3v) is 4.57. The van der Waals surface area contributed by atoms with Gasteiger partial charge in [-0.2, -0.15) is 5.10 Å². The number of hydrogen-bond donors (Lipinski definition) is 2. The molecule has 1 aliphatic rings. The van der Waals surface area contributed by atoms with Crippen molar-refractivity contribution in [3.05, 3.63) is 47.7 Å². The van der Waals surface area contributed by atoms with Crippen LogP contribution in [0.15, 0.2) is 36.4 Å². The summed E-state index contributed by atoms with van der Waals surface area (Å²) in [7, 11) is 0. The summed E-state index contributed by atoms with van der Waals surface area (Å²) in [6.45, 7) is 3.51. The third-order valence-electron chi connectivity index (χ3n) is 4.57. The van der Waals surface area contributed by atoms with Crippen LogP contribution in [0.25, 0.3) is 0 Å². The number of benzene rings is 1. The molecule has 7 nitrogen and oxygen atoms in total. The first-order valence-corrected chi connectivity index (χ1v) is 8.52. The van der Waals surface area contributed by atoms with E-state index in [-0.39, 0.29) is 23.7 Å². The Kier molecular flexibility index (Phi) is 5.02. The summed E-state index contributed by atoms with van der Waals surface area (Å²) in [6.07, 6.45) is 1.10. The molecule has 0 radical (unpaired) electrons. The Hall–Kier alpha value is -2.83. The summed E-state index contributed by atoms with van der Waals surface area (Å²) in [6, 6.07) is 11.4. The fourth-order valence-electron chi connectivity index (χ4n) is 3.17. The zero-order valence-corrected chi connectivity index (χ0v) is 14.3. The molecule has 0 aliphatic carbocycles. The Labute approximate surface area is 146 Å². The van der Waals surface area contributed by atoms with Gasteiger partial charge in [0.05, 0.1) is 0 Å². The standard InChI is InChI=1S/C18H23N5O2/c1-2-14-12-22(18(25)15-10-16(19)21-20-15)9-8-17(24)23(14)11-13-6-4-3-5-7-13/h3-7,10,14H,2,8-9,11-12H2,1H3,(H3,19,20,21)/t14-/m0/s1. The van der Waals surface area contributed by atoms with E-state index in [0.29, 0.717) is 31.7 Å². The summed E-state index contributed by atoms with van der Waals surface area (Å²) in [5.74, 6) is 0.194. The first-order chi connectivity index (χ1) is 12.1. The molecular weight excluding hydrogens is 318 g/mol. The normalized spacial score (nSPS) is 18.3. The summed E-state index contributed by atoms with van der Waals surface area (Å²) >= 11 is 0. The van der Waals surface area contributed by atoms with E-state index in [1.165, 1.54) is 6.07 Å². The van der Waals surface area contributed by atoms with E-state index in [4.69, 9.17) is 5.73 Å². The van der Waals surface area contributed by atoms with Gasteiger partial charge in [0.15, 0.2) is 0 Å². The molecule has 1 atom stereocenters. The monoisotopic (exact) mass is 341 g/mol. The van der Waals surface area contributed by atoms with Gasteiger partial charge in [-0.05, 0) is 12.0 Å². The zero-order chi connectivity index (χ0) is 17.8. The summed E-state index contributed by atoms with van der Waals surface area (Å²) < 4.78 is 0. The predicted molar refractivity (Wildman–Crippen MR) is 94.6 cm³/mol. The predicted octanol–water partition coefficient (Wildman–Crippen LogP) is 1.65. The van der Waals surface area contributed by atoms with Crippen LogP contribution < -0.4 is 5.73 Å². The van der Waals surface area contributed by atoms with E-state index in [1.807, 2.05) is 42.2 Å². The van der Waals surface area contributed by atoms with E-state index in [2.05, 4.69) is 10.2 Å². The van der Waals surface area contributed by atoms with Crippen molar-refractivity contribution in [2.75, 3.05) is 18.8 Å². The van der Waals surface area contributed by atoms with Crippen LogP contribution in [0.2, 0.25) is 0 Å². The van der Waals surface area contributed by atoms with Crippen molar-refractivity contribution < 1.29 is 9.59 Å². The SMILES string of the molecule is CC[C@H]1CN(C(=O)c2cc(N)n[nH]2)CCC(=O)N1Cc1ccccc1. The highest BCUT2D eigenvalue weighted by atomic mass is 16.2. The zero-order valence-electron chi connectivity index (χ0n) is 14.3. The van der Waals surface area contributed by atoms with Crippen molar-refractivity contribution in [1.29, 1.82) is 0 Å². The minimum Gasteiger partial charge on any atom is -0.382 e. The molecule has 0 unspecified atom stereocenters. The molecule has 2 amide bonds. The molecule has 132 valence electrons. The van der Waals surface area contributed by atoms with Crippen LogP contribution in [0.3, 0.4) is 0 Å². The van der Waals surface area contributed by atoms with Crippen LogP contribution >= 0.6 is 0 Å². The molecule has 0 spiro atoms. The smallest absolute Gasteiger partial charge is 0.272 e. The molecule has 3 rings (SSSR count). The molecule has 0 saturated carbocycles. The molecule has 2 aromatic rings. The number of hydrogen-bond acceptors (Lipinski definition) is 4. The summed E-state index contributed by atoms with van der Waals surface area (Å²) in [5, 5.41) is 6.46. The van der Waals surface area contributed by atoms with Gasteiger partial charge in [0, 0.05) is 38.2 Å². The van der Waals surface area contributed by atoms with Crippen LogP contribution in [-0.4, -0.2) is 50.9 Å². The lowest BCUT2D eigenvalue weighted by molar-refractivity contribution is -0.133. The third kappa shape index (κ3) is 3.81. The molecule has 1 aliphatic heterocycles. The largest absolute Gasteiger partial charge is 0.382 e. The number of amides is 2. The number of carbonyl (C=O) groups excluding carboxylic acids is 2. The molecule has 1 fully saturated rings. The highest BCUT2D eigenvalue weighted by Gasteiger charge is 2.31. The van der Waals surface area contributed by atoms with Gasteiger partial charge in [-0.15, -0.1) is 0 Å². The molecular formula is C18H23N5O2. The average Bonchev–Trinajstić information content (AvgIpc) is 3.00. The van der Waals surface area contributed by atoms with Crippen LogP contribution in [-0.2, 0) is 11.3 Å². The number of nitrogens with zero attached hydrogens (tertiary/aromatic N) is 3. The van der Waals surface area contributed by atoms with E-state index < -0.39 is 0 Å². The van der Waals surface area contributed by atoms with Gasteiger partial charge in [-0.25, -0.2) is 0 Å². The second kappa shape index (κ2) is 7.38. The number of nitrogen functional groups attached to an aromatic ring is 1. The van der Waals surface area contributed by atoms with Gasteiger partial charge in [0.2, 0.25) is 5.91 Å². The number of H-pyrrole nitrogens is 1. The van der Waals surface area contributed by atoms with E-state index in [9.17, 15) is 9.59 Å². The fourth-order valence-corrected chi connectivity index (χ4v) is 3.17. The molecule has 1 aromatic heterocycles. The van der Waals surface area contributed by atoms with E-state index in [0.717, 1.165) is 12.0 Å². The molecule has 7 heteroatoms. The lowest BCUT2D eigenvalue weighted by atomic mass is 10.1. The lowest BCUT2D eigenvalue weighted by Gasteiger charge is -2.31. The number of rotatable bonds is 4. The Balaban J connectivity index is 1.77. The van der Waals surface area contributed by atoms with E-state index >= 15 is 0 Å². The minimum absolute atomic E-state index is 0.0144. The minimum atomic E-state index is -0.169. The molecule has 0 bridgehead atoms. The van der Waals surface area contributed by atoms with Crippen molar-refractivity contribution >= 4 is 17.6 Å². The average molecular weight is 341 g/mol. The number of carbonyl (C=O) groups is 2. The summed E-state index contributed by atoms with van der Waals surface area (Å²) in [5.41, 5.74) is 7.04. The van der Waals surface area contributed by atoms with Gasteiger partial charge < -0.3 is 15.5 Å². The highest BCUT2D eigenvalue weighted by molar-refractivity contribution is 5.93. The maximum absolute atomic E-state index is 12.7. The molecule has 2 heterocycles. The van der Waals surface area contributed by atoms with Crippen molar-refractivity contribution in [1.82, 2.24) is 20.0 Å². The molecule has 25 heavy (non-hydrogen) atoms. The van der Waals surface area contributed by atoms with Crippen molar-refractivity contribution in [3.8, 4) is 0 Å². The van der Waals surface area contributed by atoms with Crippen molar-refractivity contribution in [2.45, 2.75) is 32.4 Å². The van der Waals surface area contributed by atoms with Crippen LogP contribution in [0.1, 0.15) is 35.8 Å². The Morgan fingerprint density at radius 3 is 2.76 bits per heavy atom. The van der Waals surface area contributed by atoms with Crippen molar-refractivity contribution in [2.24, 2.45) is 0 Å². The molecule has 3 N–H and O–H groups in total. The number of aromatic amines is 1. The van der Waals surface area contributed by atoms with E-state index in [1.54, 1.807) is 4.90 Å². The first kappa shape index (κ1) is 17.0. The van der Waals surface area contributed by atoms with Gasteiger partial charge in [-0.1, -0.05) is 37.3 Å². The fraction of sp³-hybridized carbons (Fsp3) is 0.389. The lowest BCUT2D eigenvalue weighted by Crippen LogP contribution is -2.43. The highest BCUT2D eigenvalue weighted by Crippen LogP contribution is 2.19. The molecule has 1 aromatic carbocycles. The second-order valence-electron chi connectivity index (χ2n) is 6.28. The number of anilines is 1. The maximum Gasteiger partial charge on any atom is 0.272 e. The number of nitrogens with two attached hydrogens (primary N) is 1. The van der Waals surface area contributed by atoms with Crippen LogP contribution in [0.4, 0.5) is 5.82 Å². The number of nitrogens with one attached hydrogen (secondary N) is 1. The maximum atomic E-state index is 12.7. The topological polar surface area (TPSA) is 95.3 Å². The summed E-state index contributed by atoms with van der Waals surface area (Å²) in [4.78, 5) is 28.9. The van der Waals surface area contributed by atoms with Crippen LogP contribution in [0.5, 0.6) is 0 Å². The Bertz CT molecular complexity index is 743. The van der Waals surface area contributed by atoms with Gasteiger partial charge in [-0.3, -0.25) is 14.7 Å². The quantitative estimate of drug-likeness (QED) is 0.884. The number of aromatic nitrogens is 2. The van der Waals surface area contributed by atoms with Gasteiger partial charge >= 0.3 is 0 Å². The van der Waals surface area contributed by atoms with Crippen molar-refractivity contribution in [3.63, 3.8) is 0 Å². The Morgan fingerprint density at radius 1 is 1.36 bits per heavy atom. The first-order valence-electron chi connectivity index (χ1n) is 8.52.